The van der Waals surface area contributed by atoms with Gasteiger partial charge in [0.25, 0.3) is 0 Å². The van der Waals surface area contributed by atoms with Crippen molar-refractivity contribution in [2.45, 2.75) is 25.7 Å². The molecular weight excluding hydrogens is 174 g/mol. The Kier molecular flexibility index (Phi) is 2.73. The molecule has 2 heteroatoms. The average molecular weight is 191 g/mol. The van der Waals surface area contributed by atoms with Crippen molar-refractivity contribution in [2.75, 3.05) is 13.1 Å². The highest BCUT2D eigenvalue weighted by molar-refractivity contribution is 5.42. The van der Waals surface area contributed by atoms with Crippen molar-refractivity contribution in [3.05, 3.63) is 29.3 Å². The van der Waals surface area contributed by atoms with Crippen molar-refractivity contribution in [1.82, 2.24) is 5.32 Å². The fourth-order valence-corrected chi connectivity index (χ4v) is 2.15. The molecular formula is C12H17NO. The third-order valence-electron chi connectivity index (χ3n) is 3.03. The number of phenolic OH excluding ortho intramolecular Hbond substituents is 1. The Morgan fingerprint density at radius 1 is 1.50 bits per heavy atom. The van der Waals surface area contributed by atoms with Crippen LogP contribution in [0.1, 0.15) is 30.4 Å². The van der Waals surface area contributed by atoms with E-state index in [9.17, 15) is 5.11 Å². The molecule has 1 saturated heterocycles. The van der Waals surface area contributed by atoms with Gasteiger partial charge >= 0.3 is 0 Å². The summed E-state index contributed by atoms with van der Waals surface area (Å²) in [5.41, 5.74) is 2.18. The van der Waals surface area contributed by atoms with Crippen LogP contribution >= 0.6 is 0 Å². The van der Waals surface area contributed by atoms with Gasteiger partial charge in [-0.05, 0) is 30.5 Å². The van der Waals surface area contributed by atoms with E-state index in [4.69, 9.17) is 0 Å². The lowest BCUT2D eigenvalue weighted by atomic mass is 9.94. The fraction of sp³-hybridized carbons (Fsp3) is 0.500. The van der Waals surface area contributed by atoms with Gasteiger partial charge in [0.2, 0.25) is 0 Å². The van der Waals surface area contributed by atoms with Gasteiger partial charge in [0.1, 0.15) is 5.75 Å². The Balaban J connectivity index is 2.32. The largest absolute Gasteiger partial charge is 0.507 e. The minimum Gasteiger partial charge on any atom is -0.507 e. The average Bonchev–Trinajstić information content (AvgIpc) is 2.71. The summed E-state index contributed by atoms with van der Waals surface area (Å²) in [6, 6.07) is 6.10. The molecule has 1 atom stereocenters. The van der Waals surface area contributed by atoms with Crippen LogP contribution in [0.3, 0.4) is 0 Å². The number of para-hydroxylation sites is 1. The molecule has 0 spiro atoms. The molecule has 0 amide bonds. The summed E-state index contributed by atoms with van der Waals surface area (Å²) in [5.74, 6) is 1.02. The first-order chi connectivity index (χ1) is 6.83. The van der Waals surface area contributed by atoms with Gasteiger partial charge in [-0.2, -0.15) is 0 Å². The first-order valence-corrected chi connectivity index (χ1v) is 5.34. The van der Waals surface area contributed by atoms with Crippen LogP contribution in [0.25, 0.3) is 0 Å². The highest BCUT2D eigenvalue weighted by atomic mass is 16.3. The van der Waals surface area contributed by atoms with Crippen molar-refractivity contribution >= 4 is 0 Å². The van der Waals surface area contributed by atoms with Crippen molar-refractivity contribution in [2.24, 2.45) is 0 Å². The lowest BCUT2D eigenvalue weighted by Crippen LogP contribution is -2.08. The predicted octanol–water partition coefficient (Wildman–Crippen LogP) is 2.03. The van der Waals surface area contributed by atoms with Gasteiger partial charge in [-0.25, -0.2) is 0 Å². The zero-order valence-electron chi connectivity index (χ0n) is 8.59. The molecule has 1 aliphatic rings. The summed E-state index contributed by atoms with van der Waals surface area (Å²) in [4.78, 5) is 0. The smallest absolute Gasteiger partial charge is 0.122 e. The number of aromatic hydroxyl groups is 1. The zero-order chi connectivity index (χ0) is 9.97. The molecule has 1 heterocycles. The Morgan fingerprint density at radius 2 is 2.36 bits per heavy atom. The van der Waals surface area contributed by atoms with E-state index in [1.54, 1.807) is 0 Å². The summed E-state index contributed by atoms with van der Waals surface area (Å²) in [5, 5.41) is 13.3. The van der Waals surface area contributed by atoms with Gasteiger partial charge in [-0.15, -0.1) is 0 Å². The minimum absolute atomic E-state index is 0.501. The summed E-state index contributed by atoms with van der Waals surface area (Å²) in [6.45, 7) is 4.15. The van der Waals surface area contributed by atoms with Crippen LogP contribution in [0.2, 0.25) is 0 Å². The molecule has 1 unspecified atom stereocenters. The number of hydrogen-bond donors (Lipinski definition) is 2. The van der Waals surface area contributed by atoms with E-state index in [2.05, 4.69) is 12.2 Å². The standard InChI is InChI=1S/C12H17NO/c1-2-9-4-3-5-11(12(9)14)10-6-7-13-8-10/h3-5,10,13-14H,2,6-8H2,1H3. The van der Waals surface area contributed by atoms with Gasteiger partial charge < -0.3 is 10.4 Å². The van der Waals surface area contributed by atoms with E-state index in [1.165, 1.54) is 0 Å². The van der Waals surface area contributed by atoms with E-state index in [-0.39, 0.29) is 0 Å². The van der Waals surface area contributed by atoms with Gasteiger partial charge in [-0.3, -0.25) is 0 Å². The molecule has 0 aliphatic carbocycles. The van der Waals surface area contributed by atoms with Crippen molar-refractivity contribution in [1.29, 1.82) is 0 Å². The molecule has 2 nitrogen and oxygen atoms in total. The molecule has 2 rings (SSSR count). The number of phenols is 1. The van der Waals surface area contributed by atoms with Crippen LogP contribution in [0, 0.1) is 0 Å². The lowest BCUT2D eigenvalue weighted by molar-refractivity contribution is 0.456. The van der Waals surface area contributed by atoms with Crippen LogP contribution in [0.5, 0.6) is 5.75 Å². The zero-order valence-corrected chi connectivity index (χ0v) is 8.59. The van der Waals surface area contributed by atoms with Crippen molar-refractivity contribution in [3.63, 3.8) is 0 Å². The molecule has 0 bridgehead atoms. The highest BCUT2D eigenvalue weighted by Gasteiger charge is 2.20. The fourth-order valence-electron chi connectivity index (χ4n) is 2.15. The lowest BCUT2D eigenvalue weighted by Gasteiger charge is -2.13. The molecule has 1 aliphatic heterocycles. The number of nitrogens with one attached hydrogen (secondary N) is 1. The van der Waals surface area contributed by atoms with E-state index in [1.807, 2.05) is 18.2 Å². The first kappa shape index (κ1) is 9.53. The summed E-state index contributed by atoms with van der Waals surface area (Å²) in [6.07, 6.45) is 2.04. The Labute approximate surface area is 85.0 Å². The molecule has 1 aromatic rings. The monoisotopic (exact) mass is 191 g/mol. The van der Waals surface area contributed by atoms with E-state index < -0.39 is 0 Å². The second-order valence-electron chi connectivity index (χ2n) is 3.90. The van der Waals surface area contributed by atoms with Gasteiger partial charge in [0, 0.05) is 12.5 Å². The predicted molar refractivity (Wildman–Crippen MR) is 57.7 cm³/mol. The minimum atomic E-state index is 0.501. The quantitative estimate of drug-likeness (QED) is 0.749. The molecule has 14 heavy (non-hydrogen) atoms. The molecule has 0 saturated carbocycles. The first-order valence-electron chi connectivity index (χ1n) is 5.34. The van der Waals surface area contributed by atoms with Crippen LogP contribution in [-0.2, 0) is 6.42 Å². The molecule has 1 aromatic carbocycles. The number of hydrogen-bond acceptors (Lipinski definition) is 2. The van der Waals surface area contributed by atoms with Crippen LogP contribution in [0.4, 0.5) is 0 Å². The topological polar surface area (TPSA) is 32.3 Å². The number of aryl methyl sites for hydroxylation is 1. The Hall–Kier alpha value is -1.02. The Morgan fingerprint density at radius 3 is 3.00 bits per heavy atom. The number of rotatable bonds is 2. The maximum Gasteiger partial charge on any atom is 0.122 e. The molecule has 0 aromatic heterocycles. The van der Waals surface area contributed by atoms with Gasteiger partial charge in [0.05, 0.1) is 0 Å². The molecule has 76 valence electrons. The van der Waals surface area contributed by atoms with E-state index in [0.29, 0.717) is 11.7 Å². The molecule has 2 N–H and O–H groups in total. The summed E-state index contributed by atoms with van der Waals surface area (Å²) < 4.78 is 0. The summed E-state index contributed by atoms with van der Waals surface area (Å²) in [7, 11) is 0. The van der Waals surface area contributed by atoms with E-state index in [0.717, 1.165) is 37.1 Å². The maximum atomic E-state index is 10.0. The third-order valence-corrected chi connectivity index (χ3v) is 3.03. The molecule has 1 fully saturated rings. The van der Waals surface area contributed by atoms with Crippen molar-refractivity contribution in [3.8, 4) is 5.75 Å². The van der Waals surface area contributed by atoms with E-state index >= 15 is 0 Å². The summed E-state index contributed by atoms with van der Waals surface area (Å²) >= 11 is 0. The normalized spacial score (nSPS) is 21.4. The van der Waals surface area contributed by atoms with Gasteiger partial charge in [-0.1, -0.05) is 25.1 Å². The van der Waals surface area contributed by atoms with Crippen LogP contribution in [0.15, 0.2) is 18.2 Å². The second-order valence-corrected chi connectivity index (χ2v) is 3.90. The second kappa shape index (κ2) is 4.01. The number of benzene rings is 1. The Bertz CT molecular complexity index is 316. The van der Waals surface area contributed by atoms with Crippen LogP contribution in [-0.4, -0.2) is 18.2 Å². The van der Waals surface area contributed by atoms with Crippen molar-refractivity contribution < 1.29 is 5.11 Å². The van der Waals surface area contributed by atoms with Crippen LogP contribution < -0.4 is 5.32 Å². The maximum absolute atomic E-state index is 10.0. The van der Waals surface area contributed by atoms with Gasteiger partial charge in [0.15, 0.2) is 0 Å². The highest BCUT2D eigenvalue weighted by Crippen LogP contribution is 2.32. The SMILES string of the molecule is CCc1cccc(C2CCNC2)c1O. The molecule has 0 radical (unpaired) electrons. The third kappa shape index (κ3) is 1.62.